The zero-order valence-corrected chi connectivity index (χ0v) is 10.1. The maximum Gasteiger partial charge on any atom is 0.0863 e. The molecule has 1 radical (unpaired) electrons. The number of halogens is 2. The van der Waals surface area contributed by atoms with Gasteiger partial charge in [-0.25, -0.2) is 5.11 Å². The van der Waals surface area contributed by atoms with Gasteiger partial charge in [0.25, 0.3) is 0 Å². The number of hydrogen-bond donors (Lipinski definition) is 0. The molecule has 0 aliphatic rings. The molecule has 0 saturated heterocycles. The van der Waals surface area contributed by atoms with Crippen molar-refractivity contribution in [2.24, 2.45) is 0 Å². The van der Waals surface area contributed by atoms with Gasteiger partial charge in [-0.2, -0.15) is 0 Å². The highest BCUT2D eigenvalue weighted by atomic mass is 127. The molecule has 0 aliphatic heterocycles. The summed E-state index contributed by atoms with van der Waals surface area (Å²) < 4.78 is 2.42. The summed E-state index contributed by atoms with van der Waals surface area (Å²) in [5, 5.41) is 10.3. The topological polar surface area (TPSA) is 19.9 Å². The lowest BCUT2D eigenvalue weighted by molar-refractivity contribution is 0.197. The van der Waals surface area contributed by atoms with Gasteiger partial charge in [0.15, 0.2) is 0 Å². The van der Waals surface area contributed by atoms with Crippen LogP contribution in [0.4, 0.5) is 0 Å². The van der Waals surface area contributed by atoms with E-state index in [0.717, 1.165) is 0 Å². The van der Waals surface area contributed by atoms with E-state index in [1.165, 1.54) is 12.7 Å². The van der Waals surface area contributed by atoms with Crippen LogP contribution in [0.1, 0.15) is 5.56 Å². The SMILES string of the molecule is [O]CCc1ccc(I)cc1I. The second-order valence-corrected chi connectivity index (χ2v) is 4.60. The third-order valence-corrected chi connectivity index (χ3v) is 3.06. The largest absolute Gasteiger partial charge is 0.236 e. The predicted molar refractivity (Wildman–Crippen MR) is 61.1 cm³/mol. The third kappa shape index (κ3) is 2.87. The zero-order valence-electron chi connectivity index (χ0n) is 5.81. The van der Waals surface area contributed by atoms with E-state index in [-0.39, 0.29) is 6.61 Å². The van der Waals surface area contributed by atoms with E-state index in [9.17, 15) is 5.11 Å². The van der Waals surface area contributed by atoms with Crippen LogP contribution in [0, 0.1) is 7.14 Å². The Hall–Kier alpha value is 0.640. The number of rotatable bonds is 2. The minimum Gasteiger partial charge on any atom is -0.236 e. The van der Waals surface area contributed by atoms with Crippen LogP contribution in [0.2, 0.25) is 0 Å². The Balaban J connectivity index is 2.90. The standard InChI is InChI=1S/C8H7I2O/c9-7-2-1-6(3-4-11)8(10)5-7/h1-2,5H,3-4H2. The van der Waals surface area contributed by atoms with Crippen molar-refractivity contribution in [3.63, 3.8) is 0 Å². The first-order valence-corrected chi connectivity index (χ1v) is 5.42. The van der Waals surface area contributed by atoms with Crippen molar-refractivity contribution < 1.29 is 5.11 Å². The van der Waals surface area contributed by atoms with Gasteiger partial charge in [-0.15, -0.1) is 0 Å². The second-order valence-electron chi connectivity index (χ2n) is 2.19. The van der Waals surface area contributed by atoms with Crippen LogP contribution in [-0.4, -0.2) is 6.61 Å². The van der Waals surface area contributed by atoms with Crippen molar-refractivity contribution in [3.8, 4) is 0 Å². The average molecular weight is 373 g/mol. The van der Waals surface area contributed by atoms with Crippen LogP contribution in [-0.2, 0) is 11.5 Å². The Labute approximate surface area is 93.5 Å². The second kappa shape index (κ2) is 4.61. The van der Waals surface area contributed by atoms with E-state index in [2.05, 4.69) is 51.2 Å². The summed E-state index contributed by atoms with van der Waals surface area (Å²) in [4.78, 5) is 0. The fraction of sp³-hybridized carbons (Fsp3) is 0.250. The maximum absolute atomic E-state index is 10.3. The summed E-state index contributed by atoms with van der Waals surface area (Å²) in [5.74, 6) is 0. The minimum absolute atomic E-state index is 0.0173. The molecule has 0 amide bonds. The van der Waals surface area contributed by atoms with Crippen LogP contribution in [0.3, 0.4) is 0 Å². The molecular weight excluding hydrogens is 366 g/mol. The minimum atomic E-state index is -0.0173. The summed E-state index contributed by atoms with van der Waals surface area (Å²) in [5.41, 5.74) is 1.17. The fourth-order valence-corrected chi connectivity index (χ4v) is 2.71. The van der Waals surface area contributed by atoms with Gasteiger partial charge in [-0.1, -0.05) is 6.07 Å². The van der Waals surface area contributed by atoms with E-state index in [1.54, 1.807) is 0 Å². The molecule has 1 rings (SSSR count). The Kier molecular flexibility index (Phi) is 4.08. The van der Waals surface area contributed by atoms with Crippen LogP contribution < -0.4 is 0 Å². The molecule has 0 bridgehead atoms. The highest BCUT2D eigenvalue weighted by molar-refractivity contribution is 14.1. The van der Waals surface area contributed by atoms with Crippen molar-refractivity contribution >= 4 is 45.2 Å². The Morgan fingerprint density at radius 2 is 2.00 bits per heavy atom. The molecule has 0 aliphatic carbocycles. The lowest BCUT2D eigenvalue weighted by Crippen LogP contribution is -1.92. The predicted octanol–water partition coefficient (Wildman–Crippen LogP) is 2.87. The van der Waals surface area contributed by atoms with Crippen LogP contribution >= 0.6 is 45.2 Å². The lowest BCUT2D eigenvalue weighted by Gasteiger charge is -2.00. The van der Waals surface area contributed by atoms with E-state index < -0.39 is 0 Å². The quantitative estimate of drug-likeness (QED) is 0.711. The average Bonchev–Trinajstić information content (AvgIpc) is 1.95. The first-order valence-electron chi connectivity index (χ1n) is 3.26. The summed E-state index contributed by atoms with van der Waals surface area (Å²) in [7, 11) is 0. The van der Waals surface area contributed by atoms with Crippen LogP contribution in [0.5, 0.6) is 0 Å². The molecule has 0 spiro atoms. The number of benzene rings is 1. The smallest absolute Gasteiger partial charge is 0.0863 e. The van der Waals surface area contributed by atoms with E-state index in [4.69, 9.17) is 0 Å². The van der Waals surface area contributed by atoms with Gasteiger partial charge in [-0.05, 0) is 69.3 Å². The van der Waals surface area contributed by atoms with Gasteiger partial charge in [0.2, 0.25) is 0 Å². The van der Waals surface area contributed by atoms with Crippen molar-refractivity contribution in [1.82, 2.24) is 0 Å². The Morgan fingerprint density at radius 3 is 2.55 bits per heavy atom. The molecule has 0 atom stereocenters. The van der Waals surface area contributed by atoms with Crippen molar-refractivity contribution in [3.05, 3.63) is 30.9 Å². The Morgan fingerprint density at radius 1 is 1.27 bits per heavy atom. The summed E-state index contributed by atoms with van der Waals surface area (Å²) in [6.07, 6.45) is 0.648. The molecule has 3 heteroatoms. The zero-order chi connectivity index (χ0) is 8.27. The van der Waals surface area contributed by atoms with Crippen molar-refractivity contribution in [1.29, 1.82) is 0 Å². The molecular formula is C8H7I2O. The van der Waals surface area contributed by atoms with Gasteiger partial charge in [0, 0.05) is 7.14 Å². The summed E-state index contributed by atoms with van der Waals surface area (Å²) in [6.45, 7) is -0.0173. The van der Waals surface area contributed by atoms with Crippen molar-refractivity contribution in [2.75, 3.05) is 6.61 Å². The van der Waals surface area contributed by atoms with Crippen LogP contribution in [0.15, 0.2) is 18.2 Å². The Bertz CT molecular complexity index is 248. The van der Waals surface area contributed by atoms with Gasteiger partial charge >= 0.3 is 0 Å². The molecule has 1 aromatic rings. The summed E-state index contributed by atoms with van der Waals surface area (Å²) >= 11 is 4.53. The number of hydrogen-bond acceptors (Lipinski definition) is 0. The highest BCUT2D eigenvalue weighted by Crippen LogP contribution is 2.16. The molecule has 1 nitrogen and oxygen atoms in total. The molecule has 0 saturated carbocycles. The third-order valence-electron chi connectivity index (χ3n) is 1.39. The van der Waals surface area contributed by atoms with Gasteiger partial charge < -0.3 is 0 Å². The van der Waals surface area contributed by atoms with Gasteiger partial charge in [-0.3, -0.25) is 0 Å². The first-order chi connectivity index (χ1) is 5.24. The van der Waals surface area contributed by atoms with Crippen molar-refractivity contribution in [2.45, 2.75) is 6.42 Å². The fourth-order valence-electron chi connectivity index (χ4n) is 0.834. The molecule has 0 unspecified atom stereocenters. The van der Waals surface area contributed by atoms with Gasteiger partial charge in [0.05, 0.1) is 6.61 Å². The summed E-state index contributed by atoms with van der Waals surface area (Å²) in [6, 6.07) is 6.15. The molecule has 11 heavy (non-hydrogen) atoms. The first kappa shape index (κ1) is 9.73. The van der Waals surface area contributed by atoms with E-state index in [0.29, 0.717) is 6.42 Å². The molecule has 59 valence electrons. The molecule has 0 heterocycles. The molecule has 0 N–H and O–H groups in total. The monoisotopic (exact) mass is 373 g/mol. The molecule has 0 aromatic heterocycles. The lowest BCUT2D eigenvalue weighted by atomic mass is 10.2. The molecule has 1 aromatic carbocycles. The maximum atomic E-state index is 10.3. The molecule has 0 fully saturated rings. The van der Waals surface area contributed by atoms with Gasteiger partial charge in [0.1, 0.15) is 0 Å². The highest BCUT2D eigenvalue weighted by Gasteiger charge is 1.98. The van der Waals surface area contributed by atoms with Crippen LogP contribution in [0.25, 0.3) is 0 Å². The normalized spacial score (nSPS) is 10.1. The van der Waals surface area contributed by atoms with E-state index >= 15 is 0 Å². The van der Waals surface area contributed by atoms with E-state index in [1.807, 2.05) is 12.1 Å².